The standard InChI is InChI=1S/C11H20N2/c1-4-8-12-11-7-5-6-9-13(11)10(2)3/h5-6,10H,4,7-9H2,1-3H3. The molecule has 0 bridgehead atoms. The van der Waals surface area contributed by atoms with Crippen LogP contribution in [0.4, 0.5) is 0 Å². The molecule has 0 saturated carbocycles. The van der Waals surface area contributed by atoms with Crippen molar-refractivity contribution in [2.24, 2.45) is 4.99 Å². The molecular formula is C11H20N2. The van der Waals surface area contributed by atoms with Crippen molar-refractivity contribution in [2.75, 3.05) is 13.1 Å². The molecule has 0 amide bonds. The van der Waals surface area contributed by atoms with Crippen LogP contribution in [0.3, 0.4) is 0 Å². The van der Waals surface area contributed by atoms with E-state index < -0.39 is 0 Å². The monoisotopic (exact) mass is 180 g/mol. The topological polar surface area (TPSA) is 15.6 Å². The highest BCUT2D eigenvalue weighted by atomic mass is 15.2. The summed E-state index contributed by atoms with van der Waals surface area (Å²) in [5, 5.41) is 0. The van der Waals surface area contributed by atoms with Crippen LogP contribution < -0.4 is 0 Å². The lowest BCUT2D eigenvalue weighted by molar-refractivity contribution is 0.371. The highest BCUT2D eigenvalue weighted by Crippen LogP contribution is 2.09. The van der Waals surface area contributed by atoms with Gasteiger partial charge in [-0.2, -0.15) is 0 Å². The van der Waals surface area contributed by atoms with E-state index in [4.69, 9.17) is 0 Å². The van der Waals surface area contributed by atoms with Gasteiger partial charge in [-0.3, -0.25) is 4.99 Å². The molecule has 0 aliphatic carbocycles. The average molecular weight is 180 g/mol. The highest BCUT2D eigenvalue weighted by molar-refractivity contribution is 5.85. The predicted molar refractivity (Wildman–Crippen MR) is 58.2 cm³/mol. The van der Waals surface area contributed by atoms with Crippen molar-refractivity contribution in [1.82, 2.24) is 4.90 Å². The molecule has 0 spiro atoms. The third-order valence-electron chi connectivity index (χ3n) is 2.24. The van der Waals surface area contributed by atoms with E-state index in [-0.39, 0.29) is 0 Å². The quantitative estimate of drug-likeness (QED) is 0.609. The van der Waals surface area contributed by atoms with Gasteiger partial charge in [0.15, 0.2) is 0 Å². The maximum absolute atomic E-state index is 4.60. The third-order valence-corrected chi connectivity index (χ3v) is 2.24. The Morgan fingerprint density at radius 1 is 1.46 bits per heavy atom. The van der Waals surface area contributed by atoms with E-state index in [1.165, 1.54) is 5.84 Å². The number of amidine groups is 1. The van der Waals surface area contributed by atoms with Gasteiger partial charge in [0.05, 0.1) is 0 Å². The molecule has 1 rings (SSSR count). The van der Waals surface area contributed by atoms with Crippen LogP contribution in [0.2, 0.25) is 0 Å². The van der Waals surface area contributed by atoms with E-state index in [2.05, 4.69) is 42.8 Å². The van der Waals surface area contributed by atoms with Gasteiger partial charge in [0, 0.05) is 25.6 Å². The fourth-order valence-corrected chi connectivity index (χ4v) is 1.50. The number of aliphatic imine (C=N–C) groups is 1. The second kappa shape index (κ2) is 5.05. The summed E-state index contributed by atoms with van der Waals surface area (Å²) in [5.74, 6) is 1.26. The van der Waals surface area contributed by atoms with Crippen molar-refractivity contribution < 1.29 is 0 Å². The summed E-state index contributed by atoms with van der Waals surface area (Å²) in [4.78, 5) is 6.97. The summed E-state index contributed by atoms with van der Waals surface area (Å²) < 4.78 is 0. The Bertz CT molecular complexity index is 204. The fraction of sp³-hybridized carbons (Fsp3) is 0.727. The van der Waals surface area contributed by atoms with E-state index in [1.807, 2.05) is 0 Å². The first-order valence-electron chi connectivity index (χ1n) is 5.20. The lowest BCUT2D eigenvalue weighted by atomic mass is 10.2. The van der Waals surface area contributed by atoms with Gasteiger partial charge in [-0.25, -0.2) is 0 Å². The van der Waals surface area contributed by atoms with Crippen LogP contribution in [-0.2, 0) is 0 Å². The van der Waals surface area contributed by atoms with E-state index in [9.17, 15) is 0 Å². The van der Waals surface area contributed by atoms with Crippen LogP contribution in [0, 0.1) is 0 Å². The molecule has 1 aliphatic heterocycles. The van der Waals surface area contributed by atoms with Crippen molar-refractivity contribution >= 4 is 5.84 Å². The van der Waals surface area contributed by atoms with Crippen molar-refractivity contribution in [2.45, 2.75) is 39.7 Å². The number of hydrogen-bond donors (Lipinski definition) is 0. The van der Waals surface area contributed by atoms with Gasteiger partial charge in [-0.15, -0.1) is 0 Å². The minimum absolute atomic E-state index is 0.570. The van der Waals surface area contributed by atoms with Crippen molar-refractivity contribution in [1.29, 1.82) is 0 Å². The zero-order valence-corrected chi connectivity index (χ0v) is 8.95. The maximum atomic E-state index is 4.60. The Morgan fingerprint density at radius 3 is 2.85 bits per heavy atom. The molecule has 1 aliphatic rings. The Labute approximate surface area is 81.3 Å². The predicted octanol–water partition coefficient (Wildman–Crippen LogP) is 2.47. The molecule has 2 nitrogen and oxygen atoms in total. The normalized spacial score (nSPS) is 20.3. The Morgan fingerprint density at radius 2 is 2.23 bits per heavy atom. The van der Waals surface area contributed by atoms with Gasteiger partial charge in [0.25, 0.3) is 0 Å². The van der Waals surface area contributed by atoms with Crippen LogP contribution in [0.15, 0.2) is 17.1 Å². The smallest absolute Gasteiger partial charge is 0.103 e. The molecule has 0 aromatic carbocycles. The molecule has 0 fully saturated rings. The first-order chi connectivity index (χ1) is 6.25. The summed E-state index contributed by atoms with van der Waals surface area (Å²) in [5.41, 5.74) is 0. The second-order valence-electron chi connectivity index (χ2n) is 3.72. The van der Waals surface area contributed by atoms with E-state index in [0.717, 1.165) is 25.9 Å². The van der Waals surface area contributed by atoms with Crippen molar-refractivity contribution in [3.8, 4) is 0 Å². The third kappa shape index (κ3) is 2.87. The zero-order chi connectivity index (χ0) is 9.68. The SMILES string of the molecule is CCCN=C1CC=CCN1C(C)C. The number of hydrogen-bond acceptors (Lipinski definition) is 1. The summed E-state index contributed by atoms with van der Waals surface area (Å²) >= 11 is 0. The maximum Gasteiger partial charge on any atom is 0.103 e. The van der Waals surface area contributed by atoms with Crippen LogP contribution in [0.5, 0.6) is 0 Å². The van der Waals surface area contributed by atoms with Crippen LogP contribution in [-0.4, -0.2) is 29.9 Å². The first-order valence-corrected chi connectivity index (χ1v) is 5.20. The van der Waals surface area contributed by atoms with Gasteiger partial charge in [-0.05, 0) is 20.3 Å². The molecule has 74 valence electrons. The van der Waals surface area contributed by atoms with E-state index in [0.29, 0.717) is 6.04 Å². The molecular weight excluding hydrogens is 160 g/mol. The first kappa shape index (κ1) is 10.3. The molecule has 2 heteroatoms. The summed E-state index contributed by atoms with van der Waals surface area (Å²) in [6.07, 6.45) is 6.59. The van der Waals surface area contributed by atoms with Crippen LogP contribution >= 0.6 is 0 Å². The second-order valence-corrected chi connectivity index (χ2v) is 3.72. The Hall–Kier alpha value is -0.790. The molecule has 13 heavy (non-hydrogen) atoms. The molecule has 0 atom stereocenters. The Kier molecular flexibility index (Phi) is 4.00. The average Bonchev–Trinajstić information content (AvgIpc) is 2.15. The highest BCUT2D eigenvalue weighted by Gasteiger charge is 2.14. The lowest BCUT2D eigenvalue weighted by Crippen LogP contribution is -2.38. The van der Waals surface area contributed by atoms with Crippen LogP contribution in [0.1, 0.15) is 33.6 Å². The number of nitrogens with zero attached hydrogens (tertiary/aromatic N) is 2. The van der Waals surface area contributed by atoms with Gasteiger partial charge >= 0.3 is 0 Å². The van der Waals surface area contributed by atoms with E-state index in [1.54, 1.807) is 0 Å². The Balaban J connectivity index is 2.63. The summed E-state index contributed by atoms with van der Waals surface area (Å²) in [6.45, 7) is 8.61. The molecule has 1 heterocycles. The minimum Gasteiger partial charge on any atom is -0.354 e. The fourth-order valence-electron chi connectivity index (χ4n) is 1.50. The van der Waals surface area contributed by atoms with Crippen molar-refractivity contribution in [3.05, 3.63) is 12.2 Å². The molecule has 0 radical (unpaired) electrons. The summed E-state index contributed by atoms with van der Waals surface area (Å²) in [6, 6.07) is 0.570. The molecule has 0 aromatic heterocycles. The molecule has 0 aromatic rings. The van der Waals surface area contributed by atoms with E-state index >= 15 is 0 Å². The lowest BCUT2D eigenvalue weighted by Gasteiger charge is -2.31. The minimum atomic E-state index is 0.570. The summed E-state index contributed by atoms with van der Waals surface area (Å²) in [7, 11) is 0. The van der Waals surface area contributed by atoms with Gasteiger partial charge < -0.3 is 4.90 Å². The molecule has 0 unspecified atom stereocenters. The number of rotatable bonds is 3. The molecule has 0 N–H and O–H groups in total. The van der Waals surface area contributed by atoms with Gasteiger partial charge in [-0.1, -0.05) is 19.1 Å². The zero-order valence-electron chi connectivity index (χ0n) is 8.95. The van der Waals surface area contributed by atoms with Gasteiger partial charge in [0.1, 0.15) is 5.84 Å². The van der Waals surface area contributed by atoms with Crippen molar-refractivity contribution in [3.63, 3.8) is 0 Å². The molecule has 0 saturated heterocycles. The van der Waals surface area contributed by atoms with Gasteiger partial charge in [0.2, 0.25) is 0 Å². The van der Waals surface area contributed by atoms with Crippen LogP contribution in [0.25, 0.3) is 0 Å². The largest absolute Gasteiger partial charge is 0.354 e.